The molecule has 0 unspecified atom stereocenters. The summed E-state index contributed by atoms with van der Waals surface area (Å²) in [6.45, 7) is 8.97. The van der Waals surface area contributed by atoms with Crippen molar-refractivity contribution >= 4 is 19.0 Å². The van der Waals surface area contributed by atoms with Gasteiger partial charge in [0.2, 0.25) is 0 Å². The van der Waals surface area contributed by atoms with E-state index in [0.29, 0.717) is 0 Å². The molecule has 0 amide bonds. The van der Waals surface area contributed by atoms with Gasteiger partial charge in [-0.05, 0) is 0 Å². The van der Waals surface area contributed by atoms with Gasteiger partial charge in [-0.15, -0.1) is 0 Å². The first-order chi connectivity index (χ1) is 12.4. The Kier molecular flexibility index (Phi) is 10.3. The van der Waals surface area contributed by atoms with Crippen molar-refractivity contribution in [3.05, 3.63) is 30.3 Å². The van der Waals surface area contributed by atoms with Crippen molar-refractivity contribution in [3.63, 3.8) is 0 Å². The van der Waals surface area contributed by atoms with Crippen LogP contribution in [0.2, 0.25) is 0 Å². The predicted octanol–water partition coefficient (Wildman–Crippen LogP) is 6.55. The zero-order valence-electron chi connectivity index (χ0n) is 17.7. The minimum absolute atomic E-state index is 0.858. The monoisotopic (exact) mass is 402 g/mol. The van der Waals surface area contributed by atoms with Gasteiger partial charge in [0, 0.05) is 0 Å². The molecule has 1 aromatic rings. The van der Waals surface area contributed by atoms with Crippen LogP contribution in [0.3, 0.4) is 0 Å². The van der Waals surface area contributed by atoms with E-state index in [4.69, 9.17) is 0 Å². The van der Waals surface area contributed by atoms with Crippen LogP contribution in [0.25, 0.3) is 0 Å². The minimum atomic E-state index is -3.53. The Balaban J connectivity index is 3.59. The van der Waals surface area contributed by atoms with E-state index in [-0.39, 0.29) is 0 Å². The predicted molar refractivity (Wildman–Crippen MR) is 125 cm³/mol. The van der Waals surface area contributed by atoms with E-state index in [2.05, 4.69) is 27.7 Å². The van der Waals surface area contributed by atoms with Crippen molar-refractivity contribution in [1.82, 2.24) is 0 Å². The van der Waals surface area contributed by atoms with Gasteiger partial charge in [-0.3, -0.25) is 0 Å². The molecule has 2 N–H and O–H groups in total. The standard InChI is InChI=1S/C22H44O2P2/c1-5-9-18-26(19-10-6-2,20-11-7-3,21-12-8-4)25(23,24)22-16-14-13-15-17-22/h13-17,23-25H,5-12,18-21H2,1-4H3. The van der Waals surface area contributed by atoms with Crippen LogP contribution in [0.4, 0.5) is 0 Å². The molecule has 0 heterocycles. The summed E-state index contributed by atoms with van der Waals surface area (Å²) in [6.07, 6.45) is 10.8. The molecule has 0 bridgehead atoms. The molecule has 0 saturated heterocycles. The van der Waals surface area contributed by atoms with E-state index in [9.17, 15) is 9.79 Å². The van der Waals surface area contributed by atoms with Gasteiger partial charge < -0.3 is 0 Å². The summed E-state index contributed by atoms with van der Waals surface area (Å²) >= 11 is 0. The Morgan fingerprint density at radius 2 is 1.00 bits per heavy atom. The average molecular weight is 403 g/mol. The Bertz CT molecular complexity index is 459. The molecule has 0 atom stereocenters. The van der Waals surface area contributed by atoms with Crippen LogP contribution in [0.1, 0.15) is 79.1 Å². The van der Waals surface area contributed by atoms with Crippen molar-refractivity contribution in [3.8, 4) is 0 Å². The van der Waals surface area contributed by atoms with Gasteiger partial charge in [0.15, 0.2) is 0 Å². The average Bonchev–Trinajstić information content (AvgIpc) is 2.67. The molecule has 0 spiro atoms. The molecular weight excluding hydrogens is 358 g/mol. The van der Waals surface area contributed by atoms with Gasteiger partial charge in [-0.2, -0.15) is 0 Å². The molecule has 1 aromatic carbocycles. The van der Waals surface area contributed by atoms with E-state index in [1.165, 1.54) is 0 Å². The second kappa shape index (κ2) is 11.1. The molecule has 26 heavy (non-hydrogen) atoms. The fourth-order valence-corrected chi connectivity index (χ4v) is 21.4. The normalized spacial score (nSPS) is 14.8. The molecule has 0 aliphatic heterocycles. The molecule has 0 aromatic heterocycles. The fraction of sp³-hybridized carbons (Fsp3) is 0.727. The zero-order valence-corrected chi connectivity index (χ0v) is 19.6. The molecular formula is C22H44O2P2. The van der Waals surface area contributed by atoms with Crippen LogP contribution in [-0.2, 0) is 0 Å². The van der Waals surface area contributed by atoms with Crippen molar-refractivity contribution in [2.24, 2.45) is 0 Å². The van der Waals surface area contributed by atoms with Crippen LogP contribution >= 0.6 is 13.7 Å². The molecule has 0 fully saturated rings. The van der Waals surface area contributed by atoms with Gasteiger partial charge in [0.25, 0.3) is 0 Å². The fourth-order valence-electron chi connectivity index (χ4n) is 4.61. The van der Waals surface area contributed by atoms with Crippen molar-refractivity contribution < 1.29 is 9.79 Å². The van der Waals surface area contributed by atoms with E-state index in [1.807, 2.05) is 30.3 Å². The number of rotatable bonds is 14. The summed E-state index contributed by atoms with van der Waals surface area (Å²) in [7, 11) is -3.53. The SMILES string of the molecule is CCCCP(CCCC)(CCCC)(CCCC)[PH](O)(O)c1ccccc1. The maximum absolute atomic E-state index is 12.0. The van der Waals surface area contributed by atoms with Gasteiger partial charge in [-0.1, -0.05) is 0 Å². The van der Waals surface area contributed by atoms with Crippen molar-refractivity contribution in [2.45, 2.75) is 79.1 Å². The summed E-state index contributed by atoms with van der Waals surface area (Å²) in [6, 6.07) is 9.93. The molecule has 0 aliphatic carbocycles. The summed E-state index contributed by atoms with van der Waals surface area (Å²) in [5.74, 6) is 0. The maximum atomic E-state index is 12.0. The number of benzene rings is 1. The summed E-state index contributed by atoms with van der Waals surface area (Å²) in [4.78, 5) is 24.0. The van der Waals surface area contributed by atoms with E-state index >= 15 is 0 Å². The third kappa shape index (κ3) is 5.08. The second-order valence-corrected chi connectivity index (χ2v) is 21.5. The van der Waals surface area contributed by atoms with Crippen molar-refractivity contribution in [1.29, 1.82) is 0 Å². The van der Waals surface area contributed by atoms with Crippen LogP contribution in [0.5, 0.6) is 0 Å². The van der Waals surface area contributed by atoms with E-state index in [1.54, 1.807) is 0 Å². The number of hydrogen-bond acceptors (Lipinski definition) is 2. The topological polar surface area (TPSA) is 40.5 Å². The van der Waals surface area contributed by atoms with Crippen LogP contribution in [-0.4, -0.2) is 34.4 Å². The summed E-state index contributed by atoms with van der Waals surface area (Å²) < 4.78 is 0. The first kappa shape index (κ1) is 24.0. The molecule has 0 aliphatic rings. The molecule has 0 radical (unpaired) electrons. The molecule has 2 nitrogen and oxygen atoms in total. The van der Waals surface area contributed by atoms with Crippen LogP contribution in [0.15, 0.2) is 30.3 Å². The Labute approximate surface area is 163 Å². The Morgan fingerprint density at radius 3 is 1.31 bits per heavy atom. The third-order valence-electron chi connectivity index (χ3n) is 6.43. The van der Waals surface area contributed by atoms with Gasteiger partial charge in [-0.25, -0.2) is 0 Å². The first-order valence-electron chi connectivity index (χ1n) is 10.9. The first-order valence-corrected chi connectivity index (χ1v) is 16.6. The van der Waals surface area contributed by atoms with Crippen LogP contribution in [0, 0.1) is 0 Å². The molecule has 0 saturated carbocycles. The number of hydrogen-bond donors (Lipinski definition) is 2. The van der Waals surface area contributed by atoms with Gasteiger partial charge in [0.1, 0.15) is 0 Å². The quantitative estimate of drug-likeness (QED) is 0.347. The summed E-state index contributed by atoms with van der Waals surface area (Å²) in [5.41, 5.74) is 0. The Morgan fingerprint density at radius 1 is 0.654 bits per heavy atom. The number of unbranched alkanes of at least 4 members (excludes halogenated alkanes) is 4. The van der Waals surface area contributed by atoms with E-state index < -0.39 is 13.7 Å². The summed E-state index contributed by atoms with van der Waals surface area (Å²) in [5, 5.41) is 0.858. The molecule has 4 heteroatoms. The third-order valence-corrected chi connectivity index (χ3v) is 24.0. The molecule has 1 rings (SSSR count). The van der Waals surface area contributed by atoms with Crippen molar-refractivity contribution in [2.75, 3.05) is 24.6 Å². The second-order valence-electron chi connectivity index (χ2n) is 8.28. The van der Waals surface area contributed by atoms with Gasteiger partial charge in [0.05, 0.1) is 0 Å². The van der Waals surface area contributed by atoms with Gasteiger partial charge >= 0.3 is 163 Å². The van der Waals surface area contributed by atoms with Crippen LogP contribution < -0.4 is 5.30 Å². The van der Waals surface area contributed by atoms with E-state index in [0.717, 1.165) is 81.3 Å². The zero-order chi connectivity index (χ0) is 19.5. The Hall–Kier alpha value is -0.000000000000000111. The molecule has 154 valence electrons.